The van der Waals surface area contributed by atoms with Gasteiger partial charge in [-0.05, 0) is 31.8 Å². The summed E-state index contributed by atoms with van der Waals surface area (Å²) < 4.78 is 17.6. The van der Waals surface area contributed by atoms with Crippen molar-refractivity contribution in [1.82, 2.24) is 4.90 Å². The van der Waals surface area contributed by atoms with E-state index in [1.165, 1.54) is 50.6 Å². The molecule has 1 aliphatic rings. The maximum atomic E-state index is 13.0. The molecule has 0 aliphatic carbocycles. The number of esters is 1. The fraction of sp³-hybridized carbons (Fsp3) is 0.529. The van der Waals surface area contributed by atoms with Crippen molar-refractivity contribution in [2.45, 2.75) is 26.8 Å². The molecule has 0 saturated carbocycles. The molecule has 0 N–H and O–H groups in total. The highest BCUT2D eigenvalue weighted by Gasteiger charge is 2.26. The Balaban J connectivity index is 0.000000322. The Morgan fingerprint density at radius 3 is 2.48 bits per heavy atom. The van der Waals surface area contributed by atoms with Gasteiger partial charge in [-0.25, -0.2) is 9.18 Å². The van der Waals surface area contributed by atoms with E-state index in [0.29, 0.717) is 16.4 Å². The van der Waals surface area contributed by atoms with E-state index >= 15 is 0 Å². The first-order valence-corrected chi connectivity index (χ1v) is 8.80. The predicted molar refractivity (Wildman–Crippen MR) is 94.7 cm³/mol. The van der Waals surface area contributed by atoms with Gasteiger partial charge in [-0.2, -0.15) is 0 Å². The number of thioether (sulfide) groups is 1. The molecule has 0 amide bonds. The molecule has 128 valence electrons. The van der Waals surface area contributed by atoms with Crippen LogP contribution in [0.5, 0.6) is 0 Å². The van der Waals surface area contributed by atoms with Gasteiger partial charge >= 0.3 is 5.97 Å². The summed E-state index contributed by atoms with van der Waals surface area (Å²) in [5.41, 5.74) is 0.705. The third kappa shape index (κ3) is 6.31. The average Bonchev–Trinajstić information content (AvgIpc) is 3.06. The maximum Gasteiger partial charge on any atom is 0.331 e. The highest BCUT2D eigenvalue weighted by atomic mass is 32.2. The van der Waals surface area contributed by atoms with E-state index in [-0.39, 0.29) is 11.8 Å². The summed E-state index contributed by atoms with van der Waals surface area (Å²) in [6, 6.07) is 5.72. The van der Waals surface area contributed by atoms with Crippen LogP contribution in [0.25, 0.3) is 0 Å². The lowest BCUT2D eigenvalue weighted by atomic mass is 10.2. The number of rotatable bonds is 5. The van der Waals surface area contributed by atoms with Crippen molar-refractivity contribution in [1.29, 1.82) is 0 Å². The molecule has 0 saturated heterocycles. The Labute approximate surface area is 142 Å². The molecule has 4 nitrogen and oxygen atoms in total. The lowest BCUT2D eigenvalue weighted by molar-refractivity contribution is -0.141. The van der Waals surface area contributed by atoms with Crippen molar-refractivity contribution in [3.05, 3.63) is 35.6 Å². The van der Waals surface area contributed by atoms with E-state index in [1.807, 2.05) is 0 Å². The molecule has 0 bridgehead atoms. The zero-order chi connectivity index (χ0) is 17.2. The molecular formula is C17H25FN2O2S. The van der Waals surface area contributed by atoms with Crippen LogP contribution in [0.1, 0.15) is 26.3 Å². The van der Waals surface area contributed by atoms with Crippen LogP contribution in [0.15, 0.2) is 29.3 Å². The number of carbonyl (C=O) groups is 1. The number of hydrogen-bond acceptors (Lipinski definition) is 5. The molecule has 1 aromatic carbocycles. The van der Waals surface area contributed by atoms with Crippen LogP contribution in [0.3, 0.4) is 0 Å². The number of halogens is 1. The van der Waals surface area contributed by atoms with E-state index in [4.69, 9.17) is 0 Å². The molecule has 2 rings (SSSR count). The molecule has 1 unspecified atom stereocenters. The van der Waals surface area contributed by atoms with Crippen molar-refractivity contribution in [2.75, 3.05) is 32.5 Å². The van der Waals surface area contributed by atoms with E-state index in [2.05, 4.69) is 35.4 Å². The first kappa shape index (κ1) is 19.6. The normalized spacial score (nSPS) is 16.6. The van der Waals surface area contributed by atoms with Gasteiger partial charge in [0.1, 0.15) is 5.82 Å². The standard InChI is InChI=1S/C11H10FNO2S.C6H15N/c1-15-11(14)9-6-16-10(13-9)7-3-2-4-8(12)5-7;1-4-7(5-2)6-3/h2-5,9H,6H2,1H3;4-6H2,1-3H3. The second-order valence-electron chi connectivity index (χ2n) is 4.91. The third-order valence-corrected chi connectivity index (χ3v) is 4.63. The van der Waals surface area contributed by atoms with Gasteiger partial charge in [0.2, 0.25) is 0 Å². The summed E-state index contributed by atoms with van der Waals surface area (Å²) in [7, 11) is 1.34. The number of hydrogen-bond donors (Lipinski definition) is 0. The molecule has 0 fully saturated rings. The highest BCUT2D eigenvalue weighted by Crippen LogP contribution is 2.24. The van der Waals surface area contributed by atoms with Gasteiger partial charge in [-0.15, -0.1) is 11.8 Å². The van der Waals surface area contributed by atoms with Crippen molar-refractivity contribution in [3.8, 4) is 0 Å². The Kier molecular flexibility index (Phi) is 8.87. The molecule has 23 heavy (non-hydrogen) atoms. The summed E-state index contributed by atoms with van der Waals surface area (Å²) in [4.78, 5) is 17.8. The van der Waals surface area contributed by atoms with Crippen LogP contribution < -0.4 is 0 Å². The first-order chi connectivity index (χ1) is 11.0. The monoisotopic (exact) mass is 340 g/mol. The van der Waals surface area contributed by atoms with Crippen molar-refractivity contribution >= 4 is 22.8 Å². The summed E-state index contributed by atoms with van der Waals surface area (Å²) >= 11 is 1.44. The third-order valence-electron chi connectivity index (χ3n) is 3.54. The minimum Gasteiger partial charge on any atom is -0.467 e. The quantitative estimate of drug-likeness (QED) is 0.772. The number of benzene rings is 1. The second-order valence-corrected chi connectivity index (χ2v) is 5.92. The van der Waals surface area contributed by atoms with Gasteiger partial charge in [-0.3, -0.25) is 4.99 Å². The largest absolute Gasteiger partial charge is 0.467 e. The summed E-state index contributed by atoms with van der Waals surface area (Å²) in [5.74, 6) is -0.0976. The van der Waals surface area contributed by atoms with Crippen LogP contribution in [0.4, 0.5) is 4.39 Å². The molecule has 1 atom stereocenters. The Bertz CT molecular complexity index is 528. The maximum absolute atomic E-state index is 13.0. The second kappa shape index (κ2) is 10.4. The highest BCUT2D eigenvalue weighted by molar-refractivity contribution is 8.14. The minimum atomic E-state index is -0.465. The number of nitrogens with zero attached hydrogens (tertiary/aromatic N) is 2. The smallest absolute Gasteiger partial charge is 0.331 e. The van der Waals surface area contributed by atoms with Crippen LogP contribution in [-0.4, -0.2) is 54.5 Å². The van der Waals surface area contributed by atoms with Crippen molar-refractivity contribution in [3.63, 3.8) is 0 Å². The first-order valence-electron chi connectivity index (χ1n) is 7.82. The van der Waals surface area contributed by atoms with Gasteiger partial charge < -0.3 is 9.64 Å². The van der Waals surface area contributed by atoms with E-state index < -0.39 is 6.04 Å². The summed E-state index contributed by atoms with van der Waals surface area (Å²) in [5, 5.41) is 0.690. The Morgan fingerprint density at radius 2 is 2.00 bits per heavy atom. The van der Waals surface area contributed by atoms with Gasteiger partial charge in [0, 0.05) is 11.3 Å². The van der Waals surface area contributed by atoms with Gasteiger partial charge in [0.15, 0.2) is 6.04 Å². The lowest BCUT2D eigenvalue weighted by Crippen LogP contribution is -2.21. The molecule has 1 aliphatic heterocycles. The van der Waals surface area contributed by atoms with Crippen LogP contribution in [-0.2, 0) is 9.53 Å². The van der Waals surface area contributed by atoms with Gasteiger partial charge in [0.25, 0.3) is 0 Å². The van der Waals surface area contributed by atoms with Crippen LogP contribution in [0.2, 0.25) is 0 Å². The SMILES string of the molecule is CCN(CC)CC.COC(=O)C1CSC(c2cccc(F)c2)=N1. The molecule has 6 heteroatoms. The van der Waals surface area contributed by atoms with E-state index in [0.717, 1.165) is 0 Å². The number of ether oxygens (including phenoxy) is 1. The van der Waals surface area contributed by atoms with Crippen LogP contribution >= 0.6 is 11.8 Å². The fourth-order valence-corrected chi connectivity index (χ4v) is 3.10. The topological polar surface area (TPSA) is 41.9 Å². The molecule has 0 spiro atoms. The van der Waals surface area contributed by atoms with Crippen LogP contribution in [0, 0.1) is 5.82 Å². The Morgan fingerprint density at radius 1 is 1.35 bits per heavy atom. The summed E-state index contributed by atoms with van der Waals surface area (Å²) in [6.07, 6.45) is 0. The van der Waals surface area contributed by atoms with Crippen molar-refractivity contribution < 1.29 is 13.9 Å². The fourth-order valence-electron chi connectivity index (χ4n) is 2.08. The number of carbonyl (C=O) groups excluding carboxylic acids is 1. The summed E-state index contributed by atoms with van der Waals surface area (Å²) in [6.45, 7) is 10.1. The minimum absolute atomic E-state index is 0.303. The molecular weight excluding hydrogens is 315 g/mol. The van der Waals surface area contributed by atoms with Crippen molar-refractivity contribution in [2.24, 2.45) is 4.99 Å². The predicted octanol–water partition coefficient (Wildman–Crippen LogP) is 3.21. The van der Waals surface area contributed by atoms with E-state index in [1.54, 1.807) is 12.1 Å². The zero-order valence-electron chi connectivity index (χ0n) is 14.2. The Hall–Kier alpha value is -1.40. The van der Waals surface area contributed by atoms with Gasteiger partial charge in [-0.1, -0.05) is 32.9 Å². The molecule has 0 radical (unpaired) electrons. The number of aliphatic imine (C=N–C) groups is 1. The average molecular weight is 340 g/mol. The molecule has 1 heterocycles. The van der Waals surface area contributed by atoms with Gasteiger partial charge in [0.05, 0.1) is 12.2 Å². The lowest BCUT2D eigenvalue weighted by Gasteiger charge is -2.13. The van der Waals surface area contributed by atoms with E-state index in [9.17, 15) is 9.18 Å². The number of methoxy groups -OCH3 is 1. The molecule has 1 aromatic rings. The zero-order valence-corrected chi connectivity index (χ0v) is 15.0. The molecule has 0 aromatic heterocycles.